The normalized spacial score (nSPS) is 22.6. The molecule has 0 N–H and O–H groups in total. The van der Waals surface area contributed by atoms with Gasteiger partial charge < -0.3 is 0 Å². The molecule has 148 valence electrons. The van der Waals surface area contributed by atoms with Crippen molar-refractivity contribution in [2.75, 3.05) is 0 Å². The van der Waals surface area contributed by atoms with Crippen molar-refractivity contribution in [3.05, 3.63) is 59.8 Å². The Morgan fingerprint density at radius 3 is 2.24 bits per heavy atom. The molecule has 2 unspecified atom stereocenters. The number of nitrogens with zero attached hydrogens (tertiary/aromatic N) is 2. The monoisotopic (exact) mass is 400 g/mol. The van der Waals surface area contributed by atoms with Crippen molar-refractivity contribution in [2.24, 2.45) is 21.8 Å². The lowest BCUT2D eigenvalue weighted by molar-refractivity contribution is 0.739. The van der Waals surface area contributed by atoms with Crippen LogP contribution in [-0.2, 0) is 0 Å². The number of aliphatic imine (C=N–C) groups is 2. The van der Waals surface area contributed by atoms with Crippen molar-refractivity contribution < 1.29 is 0 Å². The fourth-order valence-corrected chi connectivity index (χ4v) is 5.90. The summed E-state index contributed by atoms with van der Waals surface area (Å²) >= 11 is 1.95. The molecule has 0 amide bonds. The van der Waals surface area contributed by atoms with Crippen molar-refractivity contribution in [3.8, 4) is 11.1 Å². The Bertz CT molecular complexity index is 1040. The number of allylic oxidation sites excluding steroid dienone is 1. The van der Waals surface area contributed by atoms with Gasteiger partial charge in [0.25, 0.3) is 0 Å². The van der Waals surface area contributed by atoms with Crippen LogP contribution in [0.3, 0.4) is 0 Å². The van der Waals surface area contributed by atoms with Gasteiger partial charge in [0.05, 0.1) is 0 Å². The largest absolute Gasteiger partial charge is 0.279 e. The minimum Gasteiger partial charge on any atom is -0.279 e. The summed E-state index contributed by atoms with van der Waals surface area (Å²) in [5.74, 6) is 1.67. The second kappa shape index (κ2) is 7.28. The first-order valence-corrected chi connectivity index (χ1v) is 11.6. The Hall–Kier alpha value is -2.13. The first-order valence-electron chi connectivity index (χ1n) is 10.7. The average molecular weight is 401 g/mol. The van der Waals surface area contributed by atoms with Gasteiger partial charge in [0.2, 0.25) is 0 Å². The zero-order chi connectivity index (χ0) is 20.1. The van der Waals surface area contributed by atoms with Crippen molar-refractivity contribution >= 4 is 28.8 Å². The van der Waals surface area contributed by atoms with Crippen LogP contribution in [0.25, 0.3) is 16.7 Å². The molecule has 0 spiro atoms. The topological polar surface area (TPSA) is 24.7 Å². The molecule has 0 aliphatic carbocycles. The summed E-state index contributed by atoms with van der Waals surface area (Å²) in [6.45, 7) is 8.95. The number of hydrogen-bond donors (Lipinski definition) is 0. The fraction of sp³-hybridized carbons (Fsp3) is 0.385. The number of thioether (sulfide) groups is 1. The molecule has 3 aliphatic heterocycles. The molecule has 5 rings (SSSR count). The van der Waals surface area contributed by atoms with Gasteiger partial charge in [0.1, 0.15) is 5.37 Å². The fourth-order valence-electron chi connectivity index (χ4n) is 4.50. The highest BCUT2D eigenvalue weighted by molar-refractivity contribution is 8.00. The molecule has 2 aromatic rings. The number of fused-ring (bicyclic) bond motifs is 3. The van der Waals surface area contributed by atoms with Crippen molar-refractivity contribution in [2.45, 2.75) is 56.7 Å². The highest BCUT2D eigenvalue weighted by Gasteiger charge is 2.38. The van der Waals surface area contributed by atoms with E-state index in [1.54, 1.807) is 0 Å². The first kappa shape index (κ1) is 18.9. The summed E-state index contributed by atoms with van der Waals surface area (Å²) in [6, 6.07) is 16.0. The smallest absolute Gasteiger partial charge is 0.107 e. The van der Waals surface area contributed by atoms with E-state index in [2.05, 4.69) is 75.2 Å². The molecular formula is C26H28N2S. The Morgan fingerprint density at radius 2 is 1.55 bits per heavy atom. The van der Waals surface area contributed by atoms with Crippen LogP contribution in [0.5, 0.6) is 0 Å². The summed E-state index contributed by atoms with van der Waals surface area (Å²) in [5, 5.41) is 0.393. The van der Waals surface area contributed by atoms with E-state index in [0.717, 1.165) is 12.8 Å². The molecule has 3 aliphatic rings. The minimum absolute atomic E-state index is 0.393. The maximum atomic E-state index is 5.00. The molecular weight excluding hydrogens is 372 g/mol. The minimum atomic E-state index is 0.393. The van der Waals surface area contributed by atoms with E-state index in [9.17, 15) is 0 Å². The van der Waals surface area contributed by atoms with Crippen LogP contribution in [0.1, 0.15) is 57.6 Å². The van der Waals surface area contributed by atoms with Gasteiger partial charge in [-0.3, -0.25) is 9.98 Å². The quantitative estimate of drug-likeness (QED) is 0.532. The van der Waals surface area contributed by atoms with Gasteiger partial charge in [-0.25, -0.2) is 0 Å². The van der Waals surface area contributed by atoms with Crippen LogP contribution < -0.4 is 0 Å². The second-order valence-corrected chi connectivity index (χ2v) is 10.2. The lowest BCUT2D eigenvalue weighted by Gasteiger charge is -2.11. The average Bonchev–Trinajstić information content (AvgIpc) is 3.42. The summed E-state index contributed by atoms with van der Waals surface area (Å²) in [5.41, 5.74) is 9.37. The van der Waals surface area contributed by atoms with E-state index < -0.39 is 0 Å². The third-order valence-electron chi connectivity index (χ3n) is 6.41. The van der Waals surface area contributed by atoms with Gasteiger partial charge in [0, 0.05) is 34.9 Å². The molecule has 29 heavy (non-hydrogen) atoms. The summed E-state index contributed by atoms with van der Waals surface area (Å²) < 4.78 is 0. The predicted molar refractivity (Wildman–Crippen MR) is 126 cm³/mol. The summed E-state index contributed by atoms with van der Waals surface area (Å²) in [4.78, 5) is 11.0. The molecule has 0 fully saturated rings. The Morgan fingerprint density at radius 1 is 0.862 bits per heavy atom. The van der Waals surface area contributed by atoms with E-state index in [0.29, 0.717) is 23.1 Å². The Kier molecular flexibility index (Phi) is 4.74. The zero-order valence-electron chi connectivity index (χ0n) is 17.6. The number of rotatable bonds is 4. The first-order chi connectivity index (χ1) is 14.0. The lowest BCUT2D eigenvalue weighted by Crippen LogP contribution is -2.06. The number of benzene rings is 2. The zero-order valence-corrected chi connectivity index (χ0v) is 18.5. The highest BCUT2D eigenvalue weighted by Crippen LogP contribution is 2.52. The lowest BCUT2D eigenvalue weighted by atomic mass is 9.91. The molecule has 0 saturated heterocycles. The molecule has 3 heteroatoms. The van der Waals surface area contributed by atoms with E-state index in [-0.39, 0.29) is 0 Å². The van der Waals surface area contributed by atoms with Gasteiger partial charge in [-0.1, -0.05) is 75.9 Å². The molecule has 0 saturated carbocycles. The van der Waals surface area contributed by atoms with Gasteiger partial charge in [-0.05, 0) is 52.1 Å². The predicted octanol–water partition coefficient (Wildman–Crippen LogP) is 7.21. The maximum Gasteiger partial charge on any atom is 0.107 e. The van der Waals surface area contributed by atoms with Crippen LogP contribution in [0, 0.1) is 11.8 Å². The van der Waals surface area contributed by atoms with E-state index >= 15 is 0 Å². The molecule has 0 aromatic heterocycles. The second-order valence-electron chi connectivity index (χ2n) is 9.03. The van der Waals surface area contributed by atoms with Gasteiger partial charge >= 0.3 is 0 Å². The van der Waals surface area contributed by atoms with Crippen molar-refractivity contribution in [1.82, 2.24) is 0 Å². The molecule has 3 heterocycles. The van der Waals surface area contributed by atoms with E-state index in [4.69, 9.17) is 4.99 Å². The van der Waals surface area contributed by atoms with Gasteiger partial charge in [-0.15, -0.1) is 0 Å². The molecule has 0 radical (unpaired) electrons. The van der Waals surface area contributed by atoms with Crippen LogP contribution in [0.2, 0.25) is 0 Å². The number of hydrogen-bond acceptors (Lipinski definition) is 3. The van der Waals surface area contributed by atoms with Crippen molar-refractivity contribution in [1.29, 1.82) is 0 Å². The van der Waals surface area contributed by atoms with Crippen LogP contribution in [0.4, 0.5) is 0 Å². The highest BCUT2D eigenvalue weighted by atomic mass is 32.2. The Labute approximate surface area is 178 Å². The molecule has 2 aromatic carbocycles. The SMILES string of the molecule is CC(C)C1=NC=C(c2ccc(-c3ccc4c(c3)SC3N=C(C(C)C)CC43)cc2)C1. The van der Waals surface area contributed by atoms with Crippen LogP contribution in [0.15, 0.2) is 63.5 Å². The van der Waals surface area contributed by atoms with Crippen molar-refractivity contribution in [3.63, 3.8) is 0 Å². The van der Waals surface area contributed by atoms with E-state index in [1.807, 2.05) is 18.0 Å². The Balaban J connectivity index is 1.34. The standard InChI is InChI=1S/C26H28N2S/c1-15(2)23-11-20(14-27-23)18-7-5-17(6-8-18)19-9-10-21-22-13-24(16(3)4)28-26(22)29-25(21)12-19/h5-10,12,14-16,22,26H,11,13H2,1-4H3. The van der Waals surface area contributed by atoms with Crippen LogP contribution >= 0.6 is 11.8 Å². The third-order valence-corrected chi connectivity index (χ3v) is 7.69. The maximum absolute atomic E-state index is 5.00. The van der Waals surface area contributed by atoms with E-state index in [1.165, 1.54) is 44.1 Å². The third kappa shape index (κ3) is 3.40. The van der Waals surface area contributed by atoms with Gasteiger partial charge in [0.15, 0.2) is 0 Å². The molecule has 2 nitrogen and oxygen atoms in total. The molecule has 2 atom stereocenters. The van der Waals surface area contributed by atoms with Crippen LogP contribution in [-0.4, -0.2) is 16.8 Å². The summed E-state index contributed by atoms with van der Waals surface area (Å²) in [6.07, 6.45) is 4.15. The molecule has 0 bridgehead atoms. The van der Waals surface area contributed by atoms with Gasteiger partial charge in [-0.2, -0.15) is 0 Å². The summed E-state index contributed by atoms with van der Waals surface area (Å²) in [7, 11) is 0.